The van der Waals surface area contributed by atoms with E-state index in [1.54, 1.807) is 10.6 Å². The topological polar surface area (TPSA) is 17.8 Å². The van der Waals surface area contributed by atoms with Gasteiger partial charge < -0.3 is 0 Å². The fourth-order valence-corrected chi connectivity index (χ4v) is 6.43. The number of fused-ring (bicyclic) bond motifs is 3. The molecule has 0 fully saturated rings. The molecule has 0 amide bonds. The van der Waals surface area contributed by atoms with E-state index >= 15 is 0 Å². The molecule has 7 aromatic carbocycles. The molecular weight excluding hydrogens is 520 g/mol. The molecule has 0 atom stereocenters. The Kier molecular flexibility index (Phi) is 4.95. The normalized spacial score (nSPS) is 13.8. The molecule has 0 saturated carbocycles. The summed E-state index contributed by atoms with van der Waals surface area (Å²) in [5.74, 6) is -0.156. The lowest BCUT2D eigenvalue weighted by atomic mass is 9.84. The fraction of sp³-hybridized carbons (Fsp3) is 0.0488. The Balaban J connectivity index is 1.51. The first-order valence-corrected chi connectivity index (χ1v) is 14.4. The van der Waals surface area contributed by atoms with Gasteiger partial charge in [-0.2, -0.15) is 0 Å². The molecule has 1 heterocycles. The molecule has 0 saturated heterocycles. The first kappa shape index (κ1) is 20.4. The van der Waals surface area contributed by atoms with Gasteiger partial charge >= 0.3 is 0 Å². The molecule has 1 aromatic heterocycles. The minimum absolute atomic E-state index is 0.156. The van der Waals surface area contributed by atoms with Crippen molar-refractivity contribution in [2.24, 2.45) is 0 Å². The number of rotatable bonds is 5. The lowest BCUT2D eigenvalue weighted by Gasteiger charge is -2.21. The van der Waals surface area contributed by atoms with Gasteiger partial charge in [0.1, 0.15) is 5.82 Å². The number of hydrogen-bond acceptors (Lipinski definition) is 1. The van der Waals surface area contributed by atoms with Crippen LogP contribution in [0.25, 0.3) is 71.6 Å². The average molecular weight is 556 g/mol. The highest BCUT2D eigenvalue weighted by atomic mass is 15.1. The van der Waals surface area contributed by atoms with Crippen molar-refractivity contribution in [1.82, 2.24) is 9.55 Å². The molecule has 0 aliphatic heterocycles. The van der Waals surface area contributed by atoms with Crippen molar-refractivity contribution in [1.29, 1.82) is 0 Å². The zero-order valence-corrected chi connectivity index (χ0v) is 23.3. The summed E-state index contributed by atoms with van der Waals surface area (Å²) in [7, 11) is 0. The van der Waals surface area contributed by atoms with E-state index in [1.807, 2.05) is 72.8 Å². The summed E-state index contributed by atoms with van der Waals surface area (Å²) in [5, 5.41) is 4.23. The molecule has 0 aliphatic carbocycles. The van der Waals surface area contributed by atoms with E-state index in [0.29, 0.717) is 16.7 Å². The Morgan fingerprint density at radius 1 is 0.558 bits per heavy atom. The summed E-state index contributed by atoms with van der Waals surface area (Å²) in [6, 6.07) is 50.9. The Hall–Kier alpha value is -5.47. The summed E-state index contributed by atoms with van der Waals surface area (Å²) in [5.41, 5.74) is 8.10. The van der Waals surface area contributed by atoms with Gasteiger partial charge in [0, 0.05) is 18.8 Å². The molecule has 43 heavy (non-hydrogen) atoms. The molecule has 204 valence electrons. The predicted molar refractivity (Wildman–Crippen MR) is 182 cm³/mol. The predicted octanol–water partition coefficient (Wildman–Crippen LogP) is 10.9. The van der Waals surface area contributed by atoms with Gasteiger partial charge in [0.2, 0.25) is 0 Å². The van der Waals surface area contributed by atoms with Crippen molar-refractivity contribution in [3.05, 3.63) is 157 Å². The summed E-state index contributed by atoms with van der Waals surface area (Å²) in [4.78, 5) is 4.61. The maximum atomic E-state index is 8.83. The van der Waals surface area contributed by atoms with E-state index in [4.69, 9.17) is 6.85 Å². The first-order chi connectivity index (χ1) is 23.2. The van der Waals surface area contributed by atoms with E-state index in [1.165, 1.54) is 0 Å². The summed E-state index contributed by atoms with van der Waals surface area (Å²) in [6.45, 7) is -2.94. The number of imidazole rings is 1. The second-order valence-electron chi connectivity index (χ2n) is 10.7. The van der Waals surface area contributed by atoms with Crippen molar-refractivity contribution in [3.63, 3.8) is 0 Å². The molecule has 0 N–H and O–H groups in total. The molecule has 8 rings (SSSR count). The van der Waals surface area contributed by atoms with Crippen molar-refractivity contribution in [2.45, 2.75) is 13.2 Å². The smallest absolute Gasteiger partial charge is 0.114 e. The number of hydrogen-bond donors (Lipinski definition) is 0. The van der Waals surface area contributed by atoms with Crippen LogP contribution in [0.4, 0.5) is 0 Å². The minimum Gasteiger partial charge on any atom is -0.296 e. The van der Waals surface area contributed by atoms with Crippen LogP contribution in [0.1, 0.15) is 19.5 Å². The monoisotopic (exact) mass is 555 g/mol. The highest BCUT2D eigenvalue weighted by Gasteiger charge is 2.21. The van der Waals surface area contributed by atoms with Gasteiger partial charge in [0.15, 0.2) is 0 Å². The van der Waals surface area contributed by atoms with Crippen LogP contribution in [0.5, 0.6) is 0 Å². The van der Waals surface area contributed by atoms with Gasteiger partial charge in [-0.05, 0) is 73.6 Å². The summed E-state index contributed by atoms with van der Waals surface area (Å²) < 4.78 is 43.8. The van der Waals surface area contributed by atoms with Gasteiger partial charge in [-0.25, -0.2) is 4.98 Å². The van der Waals surface area contributed by atoms with E-state index in [2.05, 4.69) is 77.8 Å². The molecule has 0 aliphatic rings. The van der Waals surface area contributed by atoms with Gasteiger partial charge in [0.05, 0.1) is 16.7 Å². The van der Waals surface area contributed by atoms with E-state index < -0.39 is 13.2 Å². The molecular formula is C41H30N2. The summed E-state index contributed by atoms with van der Waals surface area (Å²) >= 11 is 0. The number of aromatic nitrogens is 2. The molecule has 0 unspecified atom stereocenters. The zero-order valence-electron chi connectivity index (χ0n) is 28.3. The molecule has 0 spiro atoms. The van der Waals surface area contributed by atoms with Crippen molar-refractivity contribution >= 4 is 32.6 Å². The standard InChI is InChI=1S/C41H30N2/c1-2-39-42-36-22-12-14-24-38(36)43(39)37-23-13-11-21-34(37)41-32-20-10-9-19-31(32)40(29-17-7-4-8-18-29)35-27-30(25-26-33(35)41)28-15-5-3-6-16-28/h3-27H,2H2,1H3/i1D3,2D2. The average Bonchev–Trinajstić information content (AvgIpc) is 3.51. The van der Waals surface area contributed by atoms with Crippen LogP contribution in [-0.4, -0.2) is 9.55 Å². The molecule has 0 radical (unpaired) electrons. The number of benzene rings is 7. The van der Waals surface area contributed by atoms with Crippen molar-refractivity contribution in [3.8, 4) is 39.1 Å². The number of aryl methyl sites for hydroxylation is 1. The largest absolute Gasteiger partial charge is 0.296 e. The van der Waals surface area contributed by atoms with E-state index in [-0.39, 0.29) is 5.82 Å². The van der Waals surface area contributed by atoms with Gasteiger partial charge in [-0.1, -0.05) is 134 Å². The van der Waals surface area contributed by atoms with Crippen LogP contribution in [0.2, 0.25) is 0 Å². The van der Waals surface area contributed by atoms with Crippen molar-refractivity contribution < 1.29 is 6.85 Å². The van der Waals surface area contributed by atoms with Gasteiger partial charge in [0.25, 0.3) is 0 Å². The third-order valence-electron chi connectivity index (χ3n) is 8.28. The highest BCUT2D eigenvalue weighted by molar-refractivity contribution is 6.22. The Labute approximate surface area is 258 Å². The molecule has 2 nitrogen and oxygen atoms in total. The minimum atomic E-state index is -2.94. The lowest BCUT2D eigenvalue weighted by molar-refractivity contribution is 0.909. The lowest BCUT2D eigenvalue weighted by Crippen LogP contribution is -2.03. The first-order valence-electron chi connectivity index (χ1n) is 16.9. The third kappa shape index (κ3) is 4.14. The SMILES string of the molecule is [2H]C([2H])([2H])C([2H])([2H])c1nc2ccccc2n1-c1ccccc1-c1c2ccccc2c(-c2ccccc2)c2cc(-c3ccccc3)ccc12. The van der Waals surface area contributed by atoms with E-state index in [0.717, 1.165) is 54.9 Å². The van der Waals surface area contributed by atoms with E-state index in [9.17, 15) is 0 Å². The third-order valence-corrected chi connectivity index (χ3v) is 8.28. The summed E-state index contributed by atoms with van der Waals surface area (Å²) in [6.07, 6.45) is -2.72. The quantitative estimate of drug-likeness (QED) is 0.193. The van der Waals surface area contributed by atoms with Gasteiger partial charge in [-0.15, -0.1) is 0 Å². The molecule has 2 heteroatoms. The van der Waals surface area contributed by atoms with Crippen LogP contribution < -0.4 is 0 Å². The molecule has 8 aromatic rings. The number of nitrogens with zero attached hydrogens (tertiary/aromatic N) is 2. The second kappa shape index (κ2) is 10.4. The van der Waals surface area contributed by atoms with Gasteiger partial charge in [-0.3, -0.25) is 4.57 Å². The number of para-hydroxylation sites is 3. The second-order valence-corrected chi connectivity index (χ2v) is 10.7. The highest BCUT2D eigenvalue weighted by Crippen LogP contribution is 2.46. The fourth-order valence-electron chi connectivity index (χ4n) is 6.43. The maximum absolute atomic E-state index is 8.83. The Bertz CT molecular complexity index is 2460. The van der Waals surface area contributed by atoms with Crippen molar-refractivity contribution in [2.75, 3.05) is 0 Å². The molecule has 0 bridgehead atoms. The zero-order chi connectivity index (χ0) is 33.0. The van der Waals surface area contributed by atoms with Crippen LogP contribution in [-0.2, 0) is 6.37 Å². The Morgan fingerprint density at radius 2 is 1.19 bits per heavy atom. The Morgan fingerprint density at radius 3 is 1.98 bits per heavy atom. The van der Waals surface area contributed by atoms with Crippen LogP contribution in [0.15, 0.2) is 152 Å². The van der Waals surface area contributed by atoms with Crippen LogP contribution >= 0.6 is 0 Å². The maximum Gasteiger partial charge on any atom is 0.114 e. The van der Waals surface area contributed by atoms with Crippen LogP contribution in [0.3, 0.4) is 0 Å². The van der Waals surface area contributed by atoms with Crippen LogP contribution in [0, 0.1) is 0 Å².